The van der Waals surface area contributed by atoms with Gasteiger partial charge in [-0.05, 0) is 24.0 Å². The lowest BCUT2D eigenvalue weighted by Crippen LogP contribution is -2.70. The van der Waals surface area contributed by atoms with E-state index in [1.807, 2.05) is 0 Å². The van der Waals surface area contributed by atoms with Crippen molar-refractivity contribution in [2.24, 2.45) is 0 Å². The van der Waals surface area contributed by atoms with Crippen LogP contribution in [0, 0.1) is 0 Å². The first-order valence-corrected chi connectivity index (χ1v) is 6.44. The van der Waals surface area contributed by atoms with Crippen LogP contribution in [-0.2, 0) is 17.6 Å². The van der Waals surface area contributed by atoms with Crippen molar-refractivity contribution in [2.75, 3.05) is 13.1 Å². The van der Waals surface area contributed by atoms with Crippen molar-refractivity contribution in [1.29, 1.82) is 0 Å². The first-order chi connectivity index (χ1) is 8.67. The Morgan fingerprint density at radius 1 is 1.33 bits per heavy atom. The Morgan fingerprint density at radius 3 is 2.39 bits per heavy atom. The van der Waals surface area contributed by atoms with E-state index in [1.165, 1.54) is 11.1 Å². The fraction of sp³-hybridized carbons (Fsp3) is 0.500. The SMILES string of the molecule is O=C(O)CC1(NC2Cc3ccccc3C2)CNC1. The average Bonchev–Trinajstić information content (AvgIpc) is 2.67. The molecule has 0 aromatic heterocycles. The lowest BCUT2D eigenvalue weighted by atomic mass is 9.87. The van der Waals surface area contributed by atoms with Crippen molar-refractivity contribution < 1.29 is 9.90 Å². The first-order valence-electron chi connectivity index (χ1n) is 6.44. The Hall–Kier alpha value is -1.39. The Bertz CT molecular complexity index is 444. The van der Waals surface area contributed by atoms with Gasteiger partial charge in [0.25, 0.3) is 0 Å². The van der Waals surface area contributed by atoms with Gasteiger partial charge in [-0.25, -0.2) is 0 Å². The smallest absolute Gasteiger partial charge is 0.305 e. The zero-order chi connectivity index (χ0) is 12.6. The molecule has 1 aromatic rings. The first kappa shape index (κ1) is 11.7. The monoisotopic (exact) mass is 246 g/mol. The highest BCUT2D eigenvalue weighted by Crippen LogP contribution is 2.25. The van der Waals surface area contributed by atoms with E-state index >= 15 is 0 Å². The zero-order valence-corrected chi connectivity index (χ0v) is 10.3. The van der Waals surface area contributed by atoms with Crippen LogP contribution < -0.4 is 10.6 Å². The molecule has 96 valence electrons. The maximum atomic E-state index is 10.9. The van der Waals surface area contributed by atoms with Gasteiger partial charge in [-0.2, -0.15) is 0 Å². The van der Waals surface area contributed by atoms with Crippen molar-refractivity contribution in [2.45, 2.75) is 30.8 Å². The van der Waals surface area contributed by atoms with E-state index in [0.717, 1.165) is 25.9 Å². The molecule has 1 aliphatic heterocycles. The van der Waals surface area contributed by atoms with Gasteiger partial charge in [0.05, 0.1) is 12.0 Å². The van der Waals surface area contributed by atoms with Gasteiger partial charge in [-0.1, -0.05) is 24.3 Å². The molecule has 2 aliphatic rings. The molecule has 1 aliphatic carbocycles. The van der Waals surface area contributed by atoms with Gasteiger partial charge >= 0.3 is 5.97 Å². The van der Waals surface area contributed by atoms with Crippen LogP contribution in [0.3, 0.4) is 0 Å². The van der Waals surface area contributed by atoms with Crippen LogP contribution in [0.15, 0.2) is 24.3 Å². The number of benzene rings is 1. The summed E-state index contributed by atoms with van der Waals surface area (Å²) in [6.45, 7) is 1.51. The van der Waals surface area contributed by atoms with Crippen molar-refractivity contribution in [1.82, 2.24) is 10.6 Å². The molecular weight excluding hydrogens is 228 g/mol. The van der Waals surface area contributed by atoms with Crippen LogP contribution in [-0.4, -0.2) is 35.7 Å². The van der Waals surface area contributed by atoms with E-state index in [-0.39, 0.29) is 12.0 Å². The highest BCUT2D eigenvalue weighted by atomic mass is 16.4. The van der Waals surface area contributed by atoms with E-state index in [9.17, 15) is 4.79 Å². The number of carbonyl (C=O) groups is 1. The summed E-state index contributed by atoms with van der Waals surface area (Å²) in [6, 6.07) is 8.85. The molecule has 0 amide bonds. The summed E-state index contributed by atoms with van der Waals surface area (Å²) in [7, 11) is 0. The second-order valence-corrected chi connectivity index (χ2v) is 5.47. The second-order valence-electron chi connectivity index (χ2n) is 5.47. The van der Waals surface area contributed by atoms with Gasteiger partial charge in [0.1, 0.15) is 0 Å². The largest absolute Gasteiger partial charge is 0.481 e. The molecule has 1 fully saturated rings. The quantitative estimate of drug-likeness (QED) is 0.726. The topological polar surface area (TPSA) is 61.4 Å². The summed E-state index contributed by atoms with van der Waals surface area (Å²) in [6.07, 6.45) is 2.22. The van der Waals surface area contributed by atoms with Crippen LogP contribution in [0.2, 0.25) is 0 Å². The third kappa shape index (κ3) is 2.13. The number of carboxylic acid groups (broad SMARTS) is 1. The molecule has 1 aromatic carbocycles. The van der Waals surface area contributed by atoms with Gasteiger partial charge < -0.3 is 15.7 Å². The molecule has 3 N–H and O–H groups in total. The van der Waals surface area contributed by atoms with Crippen LogP contribution in [0.1, 0.15) is 17.5 Å². The Balaban J connectivity index is 1.66. The van der Waals surface area contributed by atoms with Crippen LogP contribution >= 0.6 is 0 Å². The Kier molecular flexibility index (Phi) is 2.84. The number of aliphatic carboxylic acids is 1. The van der Waals surface area contributed by atoms with Crippen LogP contribution in [0.25, 0.3) is 0 Å². The fourth-order valence-electron chi connectivity index (χ4n) is 3.09. The summed E-state index contributed by atoms with van der Waals surface area (Å²) in [5.74, 6) is -0.723. The number of fused-ring (bicyclic) bond motifs is 1. The molecule has 1 heterocycles. The molecule has 4 heteroatoms. The summed E-state index contributed by atoms with van der Waals surface area (Å²) < 4.78 is 0. The van der Waals surface area contributed by atoms with Crippen molar-refractivity contribution in [3.8, 4) is 0 Å². The predicted molar refractivity (Wildman–Crippen MR) is 68.6 cm³/mol. The minimum Gasteiger partial charge on any atom is -0.481 e. The minimum absolute atomic E-state index is 0.201. The molecule has 0 spiro atoms. The molecule has 4 nitrogen and oxygen atoms in total. The zero-order valence-electron chi connectivity index (χ0n) is 10.3. The number of hydrogen-bond acceptors (Lipinski definition) is 3. The van der Waals surface area contributed by atoms with Crippen LogP contribution in [0.4, 0.5) is 0 Å². The van der Waals surface area contributed by atoms with E-state index in [0.29, 0.717) is 6.04 Å². The standard InChI is InChI=1S/C14H18N2O2/c17-13(18)7-14(8-15-9-14)16-12-5-10-3-1-2-4-11(10)6-12/h1-4,12,15-16H,5-9H2,(H,17,18). The maximum Gasteiger partial charge on any atom is 0.305 e. The van der Waals surface area contributed by atoms with E-state index in [4.69, 9.17) is 5.11 Å². The minimum atomic E-state index is -0.723. The highest BCUT2D eigenvalue weighted by molar-refractivity contribution is 5.69. The van der Waals surface area contributed by atoms with Gasteiger partial charge in [0, 0.05) is 19.1 Å². The van der Waals surface area contributed by atoms with Crippen LogP contribution in [0.5, 0.6) is 0 Å². The van der Waals surface area contributed by atoms with E-state index < -0.39 is 5.97 Å². The third-order valence-electron chi connectivity index (χ3n) is 3.98. The highest BCUT2D eigenvalue weighted by Gasteiger charge is 2.41. The maximum absolute atomic E-state index is 10.9. The normalized spacial score (nSPS) is 21.3. The third-order valence-corrected chi connectivity index (χ3v) is 3.98. The van der Waals surface area contributed by atoms with E-state index in [2.05, 4.69) is 34.9 Å². The molecule has 0 unspecified atom stereocenters. The molecule has 0 atom stereocenters. The Labute approximate surface area is 106 Å². The molecular formula is C14H18N2O2. The molecule has 18 heavy (non-hydrogen) atoms. The molecule has 1 saturated heterocycles. The van der Waals surface area contributed by atoms with Crippen molar-refractivity contribution in [3.63, 3.8) is 0 Å². The lowest BCUT2D eigenvalue weighted by Gasteiger charge is -2.44. The second kappa shape index (κ2) is 4.37. The Morgan fingerprint density at radius 2 is 1.94 bits per heavy atom. The summed E-state index contributed by atoms with van der Waals surface area (Å²) in [4.78, 5) is 10.9. The van der Waals surface area contributed by atoms with Crippen molar-refractivity contribution >= 4 is 5.97 Å². The number of rotatable bonds is 4. The molecule has 0 saturated carbocycles. The summed E-state index contributed by atoms with van der Waals surface area (Å²) in [5, 5.41) is 15.7. The van der Waals surface area contributed by atoms with Gasteiger partial charge in [0.2, 0.25) is 0 Å². The van der Waals surface area contributed by atoms with E-state index in [1.54, 1.807) is 0 Å². The number of nitrogens with one attached hydrogen (secondary N) is 2. The summed E-state index contributed by atoms with van der Waals surface area (Å²) in [5.41, 5.74) is 2.55. The fourth-order valence-corrected chi connectivity index (χ4v) is 3.09. The average molecular weight is 246 g/mol. The molecule has 0 radical (unpaired) electrons. The molecule has 3 rings (SSSR count). The predicted octanol–water partition coefficient (Wildman–Crippen LogP) is 0.560. The molecule has 0 bridgehead atoms. The van der Waals surface area contributed by atoms with Gasteiger partial charge in [-0.15, -0.1) is 0 Å². The van der Waals surface area contributed by atoms with Gasteiger partial charge in [-0.3, -0.25) is 4.79 Å². The lowest BCUT2D eigenvalue weighted by molar-refractivity contribution is -0.139. The van der Waals surface area contributed by atoms with Gasteiger partial charge in [0.15, 0.2) is 0 Å². The summed E-state index contributed by atoms with van der Waals surface area (Å²) >= 11 is 0. The van der Waals surface area contributed by atoms with Crippen molar-refractivity contribution in [3.05, 3.63) is 35.4 Å². The number of hydrogen-bond donors (Lipinski definition) is 3. The number of carboxylic acids is 1.